The van der Waals surface area contributed by atoms with E-state index in [0.717, 1.165) is 41.1 Å². The predicted octanol–water partition coefficient (Wildman–Crippen LogP) is 2.36. The number of pyridine rings is 1. The Bertz CT molecular complexity index is 1240. The molecule has 2 bridgehead atoms. The van der Waals surface area contributed by atoms with Gasteiger partial charge in [0.05, 0.1) is 18.0 Å². The quantitative estimate of drug-likeness (QED) is 0.598. The lowest BCUT2D eigenvalue weighted by molar-refractivity contribution is -0.123. The molecule has 2 aliphatic rings. The smallest absolute Gasteiger partial charge is 0.256 e. The topological polar surface area (TPSA) is 112 Å². The van der Waals surface area contributed by atoms with E-state index in [0.29, 0.717) is 11.8 Å². The first-order chi connectivity index (χ1) is 14.0. The van der Waals surface area contributed by atoms with Crippen molar-refractivity contribution in [3.05, 3.63) is 58.4 Å². The van der Waals surface area contributed by atoms with Crippen LogP contribution in [0.3, 0.4) is 0 Å². The zero-order chi connectivity index (χ0) is 20.2. The molecule has 1 aliphatic carbocycles. The Balaban J connectivity index is 1.55. The Kier molecular flexibility index (Phi) is 3.97. The number of nitriles is 1. The summed E-state index contributed by atoms with van der Waals surface area (Å²) in [6, 6.07) is 15.8. The van der Waals surface area contributed by atoms with E-state index < -0.39 is 11.5 Å². The maximum Gasteiger partial charge on any atom is 0.256 e. The van der Waals surface area contributed by atoms with Gasteiger partial charge in [0.1, 0.15) is 0 Å². The van der Waals surface area contributed by atoms with Gasteiger partial charge in [-0.05, 0) is 48.8 Å². The van der Waals surface area contributed by atoms with E-state index in [1.165, 1.54) is 0 Å². The number of primary amides is 1. The molecule has 6 nitrogen and oxygen atoms in total. The van der Waals surface area contributed by atoms with Gasteiger partial charge in [-0.25, -0.2) is 0 Å². The number of aromatic amines is 1. The predicted molar refractivity (Wildman–Crippen MR) is 111 cm³/mol. The van der Waals surface area contributed by atoms with Gasteiger partial charge >= 0.3 is 0 Å². The van der Waals surface area contributed by atoms with Crippen LogP contribution in [-0.2, 0) is 11.2 Å². The monoisotopic (exact) mass is 386 g/mol. The Morgan fingerprint density at radius 3 is 2.83 bits per heavy atom. The van der Waals surface area contributed by atoms with Gasteiger partial charge in [-0.3, -0.25) is 9.59 Å². The van der Waals surface area contributed by atoms with Crippen LogP contribution in [0, 0.1) is 22.7 Å². The maximum absolute atomic E-state index is 12.6. The molecule has 29 heavy (non-hydrogen) atoms. The van der Waals surface area contributed by atoms with Crippen molar-refractivity contribution in [3.63, 3.8) is 0 Å². The Labute approximate surface area is 167 Å². The van der Waals surface area contributed by atoms with Crippen LogP contribution in [0.2, 0.25) is 0 Å². The highest BCUT2D eigenvalue weighted by atomic mass is 16.1. The molecule has 1 saturated carbocycles. The van der Waals surface area contributed by atoms with Gasteiger partial charge in [-0.1, -0.05) is 30.3 Å². The Morgan fingerprint density at radius 1 is 1.24 bits per heavy atom. The van der Waals surface area contributed by atoms with Crippen molar-refractivity contribution >= 4 is 27.6 Å². The van der Waals surface area contributed by atoms with Crippen LogP contribution in [0.15, 0.2) is 47.3 Å². The highest BCUT2D eigenvalue weighted by Gasteiger charge is 2.58. The molecule has 0 radical (unpaired) electrons. The number of hydrogen-bond acceptors (Lipinski definition) is 4. The standard InChI is InChI=1S/C23H22N4O2/c24-12-14(23-8-7-15(11-23)26-20(23)21(25)28)9-13-5-6-16-17-3-1-2-4-19(17)27-22(29)18(16)10-13/h1-6,10,14-15,20,26H,7-9,11H2,(H2,25,28)(H,27,29). The van der Waals surface area contributed by atoms with Crippen molar-refractivity contribution in [2.24, 2.45) is 17.1 Å². The van der Waals surface area contributed by atoms with Crippen LogP contribution in [0.4, 0.5) is 0 Å². The average molecular weight is 386 g/mol. The number of aromatic nitrogens is 1. The Morgan fingerprint density at radius 2 is 2.07 bits per heavy atom. The van der Waals surface area contributed by atoms with Crippen molar-refractivity contribution in [3.8, 4) is 6.07 Å². The number of carbonyl (C=O) groups excluding carboxylic acids is 1. The number of amides is 1. The number of piperidine rings is 1. The molecule has 1 aliphatic heterocycles. The van der Waals surface area contributed by atoms with Crippen LogP contribution >= 0.6 is 0 Å². The van der Waals surface area contributed by atoms with Gasteiger partial charge in [0, 0.05) is 27.7 Å². The van der Waals surface area contributed by atoms with E-state index >= 15 is 0 Å². The van der Waals surface area contributed by atoms with Gasteiger partial charge in [0.15, 0.2) is 0 Å². The van der Waals surface area contributed by atoms with E-state index in [4.69, 9.17) is 5.73 Å². The second kappa shape index (κ2) is 6.43. The summed E-state index contributed by atoms with van der Waals surface area (Å²) in [5.74, 6) is -0.717. The molecule has 1 saturated heterocycles. The summed E-state index contributed by atoms with van der Waals surface area (Å²) in [5, 5.41) is 15.8. The normalized spacial score (nSPS) is 26.6. The summed E-state index contributed by atoms with van der Waals surface area (Å²) >= 11 is 0. The molecular weight excluding hydrogens is 364 g/mol. The first kappa shape index (κ1) is 17.9. The van der Waals surface area contributed by atoms with E-state index in [1.807, 2.05) is 42.5 Å². The summed E-state index contributed by atoms with van der Waals surface area (Å²) in [5.41, 5.74) is 6.83. The minimum atomic E-state index is -0.460. The molecule has 0 spiro atoms. The van der Waals surface area contributed by atoms with Gasteiger partial charge in [0.2, 0.25) is 5.91 Å². The third-order valence-corrected chi connectivity index (χ3v) is 6.93. The van der Waals surface area contributed by atoms with Gasteiger partial charge in [-0.15, -0.1) is 0 Å². The van der Waals surface area contributed by atoms with E-state index in [2.05, 4.69) is 16.4 Å². The van der Waals surface area contributed by atoms with Crippen LogP contribution in [0.5, 0.6) is 0 Å². The maximum atomic E-state index is 12.6. The summed E-state index contributed by atoms with van der Waals surface area (Å²) < 4.78 is 0. The average Bonchev–Trinajstić information content (AvgIpc) is 3.32. The van der Waals surface area contributed by atoms with Gasteiger partial charge in [-0.2, -0.15) is 5.26 Å². The van der Waals surface area contributed by atoms with Gasteiger partial charge < -0.3 is 16.0 Å². The molecule has 2 heterocycles. The largest absolute Gasteiger partial charge is 0.368 e. The summed E-state index contributed by atoms with van der Waals surface area (Å²) in [7, 11) is 0. The second-order valence-electron chi connectivity index (χ2n) is 8.44. The molecule has 2 fully saturated rings. The fraction of sp³-hybridized carbons (Fsp3) is 0.348. The minimum Gasteiger partial charge on any atom is -0.368 e. The summed E-state index contributed by atoms with van der Waals surface area (Å²) in [4.78, 5) is 27.6. The number of carbonyl (C=O) groups is 1. The number of nitrogens with two attached hydrogens (primary N) is 1. The lowest BCUT2D eigenvalue weighted by Crippen LogP contribution is -2.53. The molecule has 6 heteroatoms. The lowest BCUT2D eigenvalue weighted by atomic mass is 9.68. The lowest BCUT2D eigenvalue weighted by Gasteiger charge is -2.37. The fourth-order valence-corrected chi connectivity index (χ4v) is 5.57. The number of nitrogens with zero attached hydrogens (tertiary/aromatic N) is 1. The summed E-state index contributed by atoms with van der Waals surface area (Å²) in [6.07, 6.45) is 3.09. The van der Waals surface area contributed by atoms with Crippen LogP contribution < -0.4 is 16.6 Å². The number of H-pyrrole nitrogens is 1. The number of hydrogen-bond donors (Lipinski definition) is 3. The van der Waals surface area contributed by atoms with Crippen molar-refractivity contribution < 1.29 is 4.79 Å². The van der Waals surface area contributed by atoms with Crippen LogP contribution in [-0.4, -0.2) is 23.0 Å². The number of fused-ring (bicyclic) bond motifs is 5. The van der Waals surface area contributed by atoms with Crippen molar-refractivity contribution in [2.75, 3.05) is 0 Å². The summed E-state index contributed by atoms with van der Waals surface area (Å²) in [6.45, 7) is 0. The zero-order valence-corrected chi connectivity index (χ0v) is 15.9. The molecule has 4 N–H and O–H groups in total. The van der Waals surface area contributed by atoms with Crippen LogP contribution in [0.1, 0.15) is 24.8 Å². The van der Waals surface area contributed by atoms with Crippen molar-refractivity contribution in [2.45, 2.75) is 37.8 Å². The number of benzene rings is 2. The molecule has 2 aromatic carbocycles. The highest BCUT2D eigenvalue weighted by molar-refractivity contribution is 6.05. The molecule has 4 unspecified atom stereocenters. The number of para-hydroxylation sites is 1. The third-order valence-electron chi connectivity index (χ3n) is 6.93. The molecule has 5 rings (SSSR count). The Hall–Kier alpha value is -3.17. The third kappa shape index (κ3) is 2.65. The first-order valence-electron chi connectivity index (χ1n) is 10.0. The van der Waals surface area contributed by atoms with Crippen molar-refractivity contribution in [1.29, 1.82) is 5.26 Å². The minimum absolute atomic E-state index is 0.134. The second-order valence-corrected chi connectivity index (χ2v) is 8.44. The van der Waals surface area contributed by atoms with Crippen molar-refractivity contribution in [1.82, 2.24) is 10.3 Å². The fourth-order valence-electron chi connectivity index (χ4n) is 5.57. The van der Waals surface area contributed by atoms with E-state index in [1.54, 1.807) is 0 Å². The number of nitrogens with one attached hydrogen (secondary N) is 2. The number of rotatable bonds is 4. The van der Waals surface area contributed by atoms with Crippen LogP contribution in [0.25, 0.3) is 21.7 Å². The molecule has 4 atom stereocenters. The molecule has 146 valence electrons. The van der Waals surface area contributed by atoms with E-state index in [9.17, 15) is 14.9 Å². The SMILES string of the molecule is N#CC(Cc1ccc2c(c1)c(=O)[nH]c1ccccc12)C12CCC(C1)NC2C(N)=O. The highest BCUT2D eigenvalue weighted by Crippen LogP contribution is 2.52. The molecular formula is C23H22N4O2. The van der Waals surface area contributed by atoms with Gasteiger partial charge in [0.25, 0.3) is 5.56 Å². The van der Waals surface area contributed by atoms with E-state index in [-0.39, 0.29) is 23.4 Å². The molecule has 3 aromatic rings. The first-order valence-corrected chi connectivity index (χ1v) is 10.0. The molecule has 1 aromatic heterocycles. The molecule has 1 amide bonds. The zero-order valence-electron chi connectivity index (χ0n) is 15.9.